The number of ether oxygens (including phenoxy) is 3. The Morgan fingerprint density at radius 3 is 1.75 bits per heavy atom. The maximum atomic E-state index is 10.3. The minimum absolute atomic E-state index is 0.0731. The highest BCUT2D eigenvalue weighted by atomic mass is 16.7. The molecule has 0 aromatic heterocycles. The molecule has 0 bridgehead atoms. The number of aliphatic hydroxyl groups is 7. The Morgan fingerprint density at radius 2 is 1.21 bits per heavy atom. The maximum Gasteiger partial charge on any atom is 0.163 e. The summed E-state index contributed by atoms with van der Waals surface area (Å²) in [7, 11) is 1.32. The smallest absolute Gasteiger partial charge is 0.163 e. The van der Waals surface area contributed by atoms with Gasteiger partial charge in [0.25, 0.3) is 0 Å². The zero-order valence-electron chi connectivity index (χ0n) is 13.3. The van der Waals surface area contributed by atoms with Crippen LogP contribution in [0, 0.1) is 5.92 Å². The Hall–Kier alpha value is -0.400. The third-order valence-corrected chi connectivity index (χ3v) is 4.74. The van der Waals surface area contributed by atoms with Crippen LogP contribution in [0.5, 0.6) is 0 Å². The Labute approximate surface area is 138 Å². The van der Waals surface area contributed by atoms with Crippen molar-refractivity contribution in [3.63, 3.8) is 0 Å². The molecule has 0 saturated carbocycles. The number of hydrogen-bond donors (Lipinski definition) is 7. The normalized spacial score (nSPS) is 50.0. The van der Waals surface area contributed by atoms with E-state index in [0.29, 0.717) is 0 Å². The van der Waals surface area contributed by atoms with E-state index in [9.17, 15) is 30.6 Å². The first kappa shape index (κ1) is 19.9. The van der Waals surface area contributed by atoms with Crippen molar-refractivity contribution in [3.8, 4) is 0 Å². The van der Waals surface area contributed by atoms with Gasteiger partial charge in [0.15, 0.2) is 6.29 Å². The molecule has 7 N–H and O–H groups in total. The van der Waals surface area contributed by atoms with E-state index >= 15 is 0 Å². The molecule has 2 heterocycles. The van der Waals surface area contributed by atoms with Crippen LogP contribution in [-0.2, 0) is 14.2 Å². The fourth-order valence-electron chi connectivity index (χ4n) is 3.26. The van der Waals surface area contributed by atoms with Crippen molar-refractivity contribution in [2.45, 2.75) is 61.5 Å². The van der Waals surface area contributed by atoms with E-state index in [0.717, 1.165) is 0 Å². The first-order valence-electron chi connectivity index (χ1n) is 7.81. The molecule has 10 atom stereocenters. The van der Waals surface area contributed by atoms with E-state index in [1.807, 2.05) is 0 Å². The van der Waals surface area contributed by atoms with Gasteiger partial charge in [0.2, 0.25) is 0 Å². The number of methoxy groups -OCH3 is 1. The van der Waals surface area contributed by atoms with Crippen molar-refractivity contribution in [3.05, 3.63) is 0 Å². The van der Waals surface area contributed by atoms with Crippen LogP contribution in [0.4, 0.5) is 0 Å². The monoisotopic (exact) mass is 354 g/mol. The maximum absolute atomic E-state index is 10.3. The predicted octanol–water partition coefficient (Wildman–Crippen LogP) is -4.08. The minimum Gasteiger partial charge on any atom is -0.394 e. The average molecular weight is 354 g/mol. The van der Waals surface area contributed by atoms with Gasteiger partial charge in [0.1, 0.15) is 36.6 Å². The Balaban J connectivity index is 2.12. The van der Waals surface area contributed by atoms with Gasteiger partial charge in [0, 0.05) is 13.0 Å². The quantitative estimate of drug-likeness (QED) is 0.258. The largest absolute Gasteiger partial charge is 0.394 e. The van der Waals surface area contributed by atoms with E-state index in [1.165, 1.54) is 7.11 Å². The molecule has 2 saturated heterocycles. The second kappa shape index (κ2) is 8.32. The highest BCUT2D eigenvalue weighted by Gasteiger charge is 2.49. The summed E-state index contributed by atoms with van der Waals surface area (Å²) in [6.45, 7) is -1.07. The average Bonchev–Trinajstić information content (AvgIpc) is 2.59. The van der Waals surface area contributed by atoms with Crippen molar-refractivity contribution in [2.75, 3.05) is 20.3 Å². The van der Waals surface area contributed by atoms with Gasteiger partial charge in [-0.1, -0.05) is 0 Å². The topological polar surface area (TPSA) is 169 Å². The predicted molar refractivity (Wildman–Crippen MR) is 76.6 cm³/mol. The molecule has 10 heteroatoms. The van der Waals surface area contributed by atoms with E-state index in [-0.39, 0.29) is 6.42 Å². The van der Waals surface area contributed by atoms with Gasteiger partial charge in [-0.25, -0.2) is 0 Å². The van der Waals surface area contributed by atoms with Crippen molar-refractivity contribution in [1.82, 2.24) is 0 Å². The minimum atomic E-state index is -1.53. The summed E-state index contributed by atoms with van der Waals surface area (Å²) >= 11 is 0. The molecule has 2 fully saturated rings. The summed E-state index contributed by atoms with van der Waals surface area (Å²) in [4.78, 5) is 0. The van der Waals surface area contributed by atoms with Crippen LogP contribution >= 0.6 is 0 Å². The Bertz CT molecular complexity index is 392. The molecule has 24 heavy (non-hydrogen) atoms. The van der Waals surface area contributed by atoms with E-state index < -0.39 is 74.3 Å². The van der Waals surface area contributed by atoms with Crippen LogP contribution in [0.25, 0.3) is 0 Å². The fourth-order valence-corrected chi connectivity index (χ4v) is 3.26. The van der Waals surface area contributed by atoms with Crippen molar-refractivity contribution >= 4 is 0 Å². The molecule has 142 valence electrons. The lowest BCUT2D eigenvalue weighted by atomic mass is 9.83. The lowest BCUT2D eigenvalue weighted by Crippen LogP contribution is -2.61. The second-order valence-electron chi connectivity index (χ2n) is 6.21. The third kappa shape index (κ3) is 3.73. The van der Waals surface area contributed by atoms with Crippen molar-refractivity contribution in [1.29, 1.82) is 0 Å². The highest BCUT2D eigenvalue weighted by Crippen LogP contribution is 2.34. The van der Waals surface area contributed by atoms with Crippen LogP contribution in [0.1, 0.15) is 6.42 Å². The first-order valence-corrected chi connectivity index (χ1v) is 7.81. The number of aliphatic hydroxyl groups excluding tert-OH is 7. The van der Waals surface area contributed by atoms with Crippen LogP contribution in [0.3, 0.4) is 0 Å². The molecule has 0 unspecified atom stereocenters. The van der Waals surface area contributed by atoms with E-state index in [1.54, 1.807) is 0 Å². The zero-order chi connectivity index (χ0) is 18.0. The molecule has 0 spiro atoms. The molecule has 10 nitrogen and oxygen atoms in total. The summed E-state index contributed by atoms with van der Waals surface area (Å²) in [6.07, 6.45) is -11.3. The summed E-state index contributed by atoms with van der Waals surface area (Å²) in [5.74, 6) is -0.825. The molecule has 2 rings (SSSR count). The SMILES string of the molecule is CO[C@@H]1O[C@H](CO)[C@@H](O)[C@H](O)[C@H]1C[C@H]1O[C@H](CO)[C@@H](O)[C@H](O)[C@H]1O. The van der Waals surface area contributed by atoms with Crippen LogP contribution < -0.4 is 0 Å². The fraction of sp³-hybridized carbons (Fsp3) is 1.00. The van der Waals surface area contributed by atoms with Crippen molar-refractivity contribution in [2.24, 2.45) is 5.92 Å². The molecule has 0 aromatic carbocycles. The van der Waals surface area contributed by atoms with E-state index in [4.69, 9.17) is 19.3 Å². The number of rotatable bonds is 5. The van der Waals surface area contributed by atoms with Crippen LogP contribution in [0.2, 0.25) is 0 Å². The lowest BCUT2D eigenvalue weighted by Gasteiger charge is -2.45. The zero-order valence-corrected chi connectivity index (χ0v) is 13.3. The Kier molecular flexibility index (Phi) is 6.90. The van der Waals surface area contributed by atoms with E-state index in [2.05, 4.69) is 0 Å². The molecule has 0 amide bonds. The number of hydrogen-bond acceptors (Lipinski definition) is 10. The van der Waals surface area contributed by atoms with Gasteiger partial charge in [-0.3, -0.25) is 0 Å². The molecule has 2 aliphatic heterocycles. The van der Waals surface area contributed by atoms with Crippen LogP contribution in [-0.4, -0.2) is 111 Å². The summed E-state index contributed by atoms with van der Waals surface area (Å²) in [5.41, 5.74) is 0. The summed E-state index contributed by atoms with van der Waals surface area (Å²) in [6, 6.07) is 0. The lowest BCUT2D eigenvalue weighted by molar-refractivity contribution is -0.292. The molecule has 0 radical (unpaired) electrons. The summed E-state index contributed by atoms with van der Waals surface area (Å²) < 4.78 is 15.9. The van der Waals surface area contributed by atoms with Crippen molar-refractivity contribution < 1.29 is 50.0 Å². The second-order valence-corrected chi connectivity index (χ2v) is 6.21. The van der Waals surface area contributed by atoms with Gasteiger partial charge in [-0.05, 0) is 6.42 Å². The van der Waals surface area contributed by atoms with Gasteiger partial charge < -0.3 is 50.0 Å². The molecule has 2 aliphatic rings. The van der Waals surface area contributed by atoms with Crippen LogP contribution in [0.15, 0.2) is 0 Å². The molecule has 0 aliphatic carbocycles. The molecular weight excluding hydrogens is 328 g/mol. The first-order chi connectivity index (χ1) is 11.3. The standard InChI is InChI=1S/C14H26O10/c1-22-14-5(9(17)11(19)8(4-16)24-14)2-6-10(18)13(21)12(20)7(3-15)23-6/h5-21H,2-4H2,1H3/t5-,6-,7-,8-,9-,10+,11-,12-,13-,14-/m1/s1. The highest BCUT2D eigenvalue weighted by molar-refractivity contribution is 4.96. The van der Waals surface area contributed by atoms with Gasteiger partial charge in [-0.15, -0.1) is 0 Å². The summed E-state index contributed by atoms with van der Waals surface area (Å²) in [5, 5.41) is 68.3. The third-order valence-electron chi connectivity index (χ3n) is 4.74. The van der Waals surface area contributed by atoms with Gasteiger partial charge >= 0.3 is 0 Å². The van der Waals surface area contributed by atoms with Gasteiger partial charge in [-0.2, -0.15) is 0 Å². The Morgan fingerprint density at radius 1 is 0.708 bits per heavy atom. The molecular formula is C14H26O10. The molecule has 0 aromatic rings. The van der Waals surface area contributed by atoms with Gasteiger partial charge in [0.05, 0.1) is 25.4 Å².